The molecular weight excluding hydrogens is 138 g/mol. The molecule has 64 valence electrons. The molecule has 0 aliphatic carbocycles. The zero-order chi connectivity index (χ0) is 8.43. The second-order valence-electron chi connectivity index (χ2n) is 3.62. The Morgan fingerprint density at radius 3 is 2.55 bits per heavy atom. The molecule has 1 aliphatic rings. The molecule has 1 amide bonds. The van der Waals surface area contributed by atoms with Crippen LogP contribution < -0.4 is 0 Å². The third kappa shape index (κ3) is 1.73. The summed E-state index contributed by atoms with van der Waals surface area (Å²) in [7, 11) is 0. The van der Waals surface area contributed by atoms with Crippen LogP contribution in [0.5, 0.6) is 0 Å². The fourth-order valence-corrected chi connectivity index (χ4v) is 1.58. The van der Waals surface area contributed by atoms with E-state index in [2.05, 4.69) is 20.8 Å². The van der Waals surface area contributed by atoms with Crippen LogP contribution in [-0.2, 0) is 4.79 Å². The van der Waals surface area contributed by atoms with E-state index in [1.54, 1.807) is 0 Å². The van der Waals surface area contributed by atoms with E-state index < -0.39 is 0 Å². The van der Waals surface area contributed by atoms with Gasteiger partial charge in [0.25, 0.3) is 0 Å². The first-order valence-corrected chi connectivity index (χ1v) is 4.44. The summed E-state index contributed by atoms with van der Waals surface area (Å²) in [6.45, 7) is 7.29. The van der Waals surface area contributed by atoms with Crippen LogP contribution in [0.2, 0.25) is 0 Å². The van der Waals surface area contributed by atoms with E-state index in [1.807, 2.05) is 4.90 Å². The molecule has 1 heterocycles. The highest BCUT2D eigenvalue weighted by Gasteiger charge is 2.29. The van der Waals surface area contributed by atoms with Gasteiger partial charge in [-0.2, -0.15) is 0 Å². The van der Waals surface area contributed by atoms with E-state index in [0.717, 1.165) is 19.4 Å². The van der Waals surface area contributed by atoms with Gasteiger partial charge in [0.2, 0.25) is 5.91 Å². The highest BCUT2D eigenvalue weighted by Crippen LogP contribution is 2.21. The Balaban J connectivity index is 2.52. The van der Waals surface area contributed by atoms with Gasteiger partial charge in [-0.1, -0.05) is 13.3 Å². The van der Waals surface area contributed by atoms with Crippen molar-refractivity contribution in [2.24, 2.45) is 5.92 Å². The zero-order valence-electron chi connectivity index (χ0n) is 7.63. The van der Waals surface area contributed by atoms with Crippen LogP contribution in [0.4, 0.5) is 0 Å². The van der Waals surface area contributed by atoms with Crippen molar-refractivity contribution in [1.82, 2.24) is 4.90 Å². The molecule has 0 aromatic carbocycles. The number of likely N-dealkylation sites (tertiary alicyclic amines) is 1. The fraction of sp³-hybridized carbons (Fsp3) is 0.889. The Morgan fingerprint density at radius 2 is 2.27 bits per heavy atom. The first kappa shape index (κ1) is 8.57. The average Bonchev–Trinajstić information content (AvgIpc) is 2.30. The SMILES string of the molecule is CC[C@H]1CC(=O)N(C(C)C)C1. The third-order valence-corrected chi connectivity index (χ3v) is 2.44. The normalized spacial score (nSPS) is 25.3. The molecule has 0 unspecified atom stereocenters. The van der Waals surface area contributed by atoms with Crippen molar-refractivity contribution < 1.29 is 4.79 Å². The molecule has 1 fully saturated rings. The van der Waals surface area contributed by atoms with Gasteiger partial charge in [0.1, 0.15) is 0 Å². The van der Waals surface area contributed by atoms with Gasteiger partial charge in [0.15, 0.2) is 0 Å². The Kier molecular flexibility index (Phi) is 2.53. The van der Waals surface area contributed by atoms with Crippen LogP contribution in [0.1, 0.15) is 33.6 Å². The predicted molar refractivity (Wildman–Crippen MR) is 45.2 cm³/mol. The van der Waals surface area contributed by atoms with Gasteiger partial charge in [-0.15, -0.1) is 0 Å². The van der Waals surface area contributed by atoms with Crippen molar-refractivity contribution >= 4 is 5.91 Å². The highest BCUT2D eigenvalue weighted by molar-refractivity contribution is 5.78. The second kappa shape index (κ2) is 3.24. The van der Waals surface area contributed by atoms with E-state index in [0.29, 0.717) is 17.9 Å². The predicted octanol–water partition coefficient (Wildman–Crippen LogP) is 1.65. The van der Waals surface area contributed by atoms with E-state index >= 15 is 0 Å². The molecule has 2 heteroatoms. The molecule has 0 bridgehead atoms. The smallest absolute Gasteiger partial charge is 0.223 e. The van der Waals surface area contributed by atoms with Crippen molar-refractivity contribution in [1.29, 1.82) is 0 Å². The van der Waals surface area contributed by atoms with Crippen LogP contribution in [-0.4, -0.2) is 23.4 Å². The van der Waals surface area contributed by atoms with Crippen LogP contribution in [0.15, 0.2) is 0 Å². The van der Waals surface area contributed by atoms with Gasteiger partial charge in [0.05, 0.1) is 0 Å². The van der Waals surface area contributed by atoms with E-state index in [9.17, 15) is 4.79 Å². The summed E-state index contributed by atoms with van der Waals surface area (Å²) in [5.74, 6) is 0.955. The number of hydrogen-bond acceptors (Lipinski definition) is 1. The summed E-state index contributed by atoms with van der Waals surface area (Å²) in [5, 5.41) is 0. The van der Waals surface area contributed by atoms with Crippen molar-refractivity contribution in [3.8, 4) is 0 Å². The standard InChI is InChI=1S/C9H17NO/c1-4-8-5-9(11)10(6-8)7(2)3/h7-8H,4-6H2,1-3H3/t8-/m0/s1. The minimum absolute atomic E-state index is 0.340. The van der Waals surface area contributed by atoms with E-state index in [-0.39, 0.29) is 0 Å². The summed E-state index contributed by atoms with van der Waals surface area (Å²) >= 11 is 0. The van der Waals surface area contributed by atoms with Crippen molar-refractivity contribution in [2.45, 2.75) is 39.7 Å². The second-order valence-corrected chi connectivity index (χ2v) is 3.62. The maximum atomic E-state index is 11.3. The molecule has 0 spiro atoms. The number of hydrogen-bond donors (Lipinski definition) is 0. The first-order valence-electron chi connectivity index (χ1n) is 4.44. The molecule has 0 N–H and O–H groups in total. The first-order chi connectivity index (χ1) is 5.15. The number of carbonyl (C=O) groups excluding carboxylic acids is 1. The third-order valence-electron chi connectivity index (χ3n) is 2.44. The lowest BCUT2D eigenvalue weighted by atomic mass is 10.1. The van der Waals surface area contributed by atoms with Gasteiger partial charge in [-0.3, -0.25) is 4.79 Å². The van der Waals surface area contributed by atoms with Gasteiger partial charge >= 0.3 is 0 Å². The minimum atomic E-state index is 0.340. The van der Waals surface area contributed by atoms with Crippen molar-refractivity contribution in [3.05, 3.63) is 0 Å². The Morgan fingerprint density at radius 1 is 1.64 bits per heavy atom. The molecule has 0 aromatic rings. The van der Waals surface area contributed by atoms with Gasteiger partial charge in [-0.25, -0.2) is 0 Å². The van der Waals surface area contributed by atoms with Gasteiger partial charge in [-0.05, 0) is 19.8 Å². The van der Waals surface area contributed by atoms with Crippen LogP contribution in [0, 0.1) is 5.92 Å². The number of carbonyl (C=O) groups is 1. The summed E-state index contributed by atoms with van der Waals surface area (Å²) in [6, 6.07) is 0.388. The van der Waals surface area contributed by atoms with Gasteiger partial charge in [0, 0.05) is 19.0 Å². The Labute approximate surface area is 68.6 Å². The lowest BCUT2D eigenvalue weighted by molar-refractivity contribution is -0.129. The summed E-state index contributed by atoms with van der Waals surface area (Å²) in [5.41, 5.74) is 0. The molecule has 1 saturated heterocycles. The van der Waals surface area contributed by atoms with Crippen LogP contribution >= 0.6 is 0 Å². The zero-order valence-corrected chi connectivity index (χ0v) is 7.63. The molecular formula is C9H17NO. The van der Waals surface area contributed by atoms with E-state index in [1.165, 1.54) is 0 Å². The maximum Gasteiger partial charge on any atom is 0.223 e. The minimum Gasteiger partial charge on any atom is -0.340 e. The number of nitrogens with zero attached hydrogens (tertiary/aromatic N) is 1. The van der Waals surface area contributed by atoms with Crippen LogP contribution in [0.25, 0.3) is 0 Å². The Bertz CT molecular complexity index is 154. The molecule has 1 atom stereocenters. The molecule has 0 radical (unpaired) electrons. The fourth-order valence-electron chi connectivity index (χ4n) is 1.58. The van der Waals surface area contributed by atoms with Crippen LogP contribution in [0.3, 0.4) is 0 Å². The monoisotopic (exact) mass is 155 g/mol. The number of rotatable bonds is 2. The topological polar surface area (TPSA) is 20.3 Å². The lowest BCUT2D eigenvalue weighted by Crippen LogP contribution is -2.32. The Hall–Kier alpha value is -0.530. The lowest BCUT2D eigenvalue weighted by Gasteiger charge is -2.20. The van der Waals surface area contributed by atoms with Crippen molar-refractivity contribution in [2.75, 3.05) is 6.54 Å². The molecule has 0 aromatic heterocycles. The number of amides is 1. The molecule has 1 aliphatic heterocycles. The summed E-state index contributed by atoms with van der Waals surface area (Å²) in [4.78, 5) is 13.3. The molecule has 2 nitrogen and oxygen atoms in total. The summed E-state index contributed by atoms with van der Waals surface area (Å²) in [6.07, 6.45) is 1.91. The van der Waals surface area contributed by atoms with Gasteiger partial charge < -0.3 is 4.90 Å². The largest absolute Gasteiger partial charge is 0.340 e. The molecule has 1 rings (SSSR count). The highest BCUT2D eigenvalue weighted by atomic mass is 16.2. The quantitative estimate of drug-likeness (QED) is 0.594. The molecule has 11 heavy (non-hydrogen) atoms. The average molecular weight is 155 g/mol. The maximum absolute atomic E-state index is 11.3. The van der Waals surface area contributed by atoms with E-state index in [4.69, 9.17) is 0 Å². The molecule has 0 saturated carbocycles. The summed E-state index contributed by atoms with van der Waals surface area (Å²) < 4.78 is 0. The van der Waals surface area contributed by atoms with Crippen molar-refractivity contribution in [3.63, 3.8) is 0 Å².